The third-order valence-electron chi connectivity index (χ3n) is 4.10. The van der Waals surface area contributed by atoms with Crippen molar-refractivity contribution in [1.29, 1.82) is 0 Å². The number of amides is 3. The molecule has 26 heavy (non-hydrogen) atoms. The Balaban J connectivity index is 1.58. The molecule has 1 fully saturated rings. The first kappa shape index (κ1) is 18.1. The maximum absolute atomic E-state index is 12.2. The monoisotopic (exact) mass is 373 g/mol. The molecule has 7 heteroatoms. The molecule has 0 aromatic heterocycles. The Morgan fingerprint density at radius 2 is 2.08 bits per heavy atom. The molecule has 136 valence electrons. The molecule has 2 N–H and O–H groups in total. The number of urea groups is 1. The Morgan fingerprint density at radius 1 is 1.27 bits per heavy atom. The molecule has 3 amide bonds. The average Bonchev–Trinajstić information content (AvgIpc) is 3.00. The molecule has 0 saturated carbocycles. The van der Waals surface area contributed by atoms with Gasteiger partial charge in [0.2, 0.25) is 0 Å². The van der Waals surface area contributed by atoms with Crippen LogP contribution in [-0.2, 0) is 11.3 Å². The number of carbonyl (C=O) groups is 2. The molecule has 0 bridgehead atoms. The first-order valence-electron chi connectivity index (χ1n) is 8.35. The summed E-state index contributed by atoms with van der Waals surface area (Å²) in [6.07, 6.45) is -0.309. The highest BCUT2D eigenvalue weighted by atomic mass is 35.5. The van der Waals surface area contributed by atoms with Crippen molar-refractivity contribution in [2.24, 2.45) is 0 Å². The van der Waals surface area contributed by atoms with Gasteiger partial charge in [-0.05, 0) is 42.3 Å². The predicted octanol–water partition coefficient (Wildman–Crippen LogP) is 4.17. The van der Waals surface area contributed by atoms with E-state index < -0.39 is 0 Å². The lowest BCUT2D eigenvalue weighted by Gasteiger charge is -2.16. The summed E-state index contributed by atoms with van der Waals surface area (Å²) in [5.41, 5.74) is 2.50. The number of nitrogens with zero attached hydrogens (tertiary/aromatic N) is 1. The van der Waals surface area contributed by atoms with Crippen molar-refractivity contribution in [3.8, 4) is 0 Å². The molecule has 0 radical (unpaired) electrons. The fourth-order valence-corrected chi connectivity index (χ4v) is 2.96. The van der Waals surface area contributed by atoms with Crippen LogP contribution in [0.15, 0.2) is 48.5 Å². The average molecular weight is 374 g/mol. The molecule has 0 aliphatic carbocycles. The molecule has 2 aromatic carbocycles. The van der Waals surface area contributed by atoms with E-state index in [4.69, 9.17) is 16.3 Å². The molecule has 6 nitrogen and oxygen atoms in total. The summed E-state index contributed by atoms with van der Waals surface area (Å²) in [4.78, 5) is 25.4. The van der Waals surface area contributed by atoms with E-state index in [2.05, 4.69) is 10.6 Å². The lowest BCUT2D eigenvalue weighted by Crippen LogP contribution is -2.31. The summed E-state index contributed by atoms with van der Waals surface area (Å²) >= 11 is 5.99. The minimum atomic E-state index is -0.310. The standard InChI is InChI=1S/C19H20ClN3O3/c1-13(15-5-3-6-16(20)11-15)21-18(24)22-17-7-2-4-14(10-17)12-23-8-9-26-19(23)25/h2-7,10-11,13H,8-9,12H2,1H3,(H2,21,22,24). The van der Waals surface area contributed by atoms with Crippen LogP contribution in [0.1, 0.15) is 24.1 Å². The van der Waals surface area contributed by atoms with Gasteiger partial charge in [0.05, 0.1) is 12.6 Å². The number of hydrogen-bond donors (Lipinski definition) is 2. The van der Waals surface area contributed by atoms with E-state index in [0.717, 1.165) is 11.1 Å². The van der Waals surface area contributed by atoms with Crippen LogP contribution in [0.2, 0.25) is 5.02 Å². The molecule has 1 atom stereocenters. The Labute approximate surface area is 157 Å². The van der Waals surface area contributed by atoms with Crippen LogP contribution in [0.25, 0.3) is 0 Å². The normalized spacial score (nSPS) is 14.7. The summed E-state index contributed by atoms with van der Waals surface area (Å²) in [5, 5.41) is 6.32. The van der Waals surface area contributed by atoms with Crippen molar-refractivity contribution in [3.63, 3.8) is 0 Å². The van der Waals surface area contributed by atoms with E-state index in [-0.39, 0.29) is 18.2 Å². The quantitative estimate of drug-likeness (QED) is 0.826. The number of carbonyl (C=O) groups excluding carboxylic acids is 2. The Bertz CT molecular complexity index is 812. The van der Waals surface area contributed by atoms with Gasteiger partial charge in [-0.15, -0.1) is 0 Å². The molecule has 2 aromatic rings. The highest BCUT2D eigenvalue weighted by Gasteiger charge is 2.21. The zero-order valence-electron chi connectivity index (χ0n) is 14.4. The first-order chi connectivity index (χ1) is 12.5. The van der Waals surface area contributed by atoms with Gasteiger partial charge in [0.1, 0.15) is 6.61 Å². The Kier molecular flexibility index (Phi) is 5.63. The summed E-state index contributed by atoms with van der Waals surface area (Å²) in [5.74, 6) is 0. The van der Waals surface area contributed by atoms with Gasteiger partial charge in [0.15, 0.2) is 0 Å². The molecule has 1 aliphatic rings. The second-order valence-electron chi connectivity index (χ2n) is 6.11. The van der Waals surface area contributed by atoms with Gasteiger partial charge < -0.3 is 20.3 Å². The zero-order chi connectivity index (χ0) is 18.5. The van der Waals surface area contributed by atoms with Gasteiger partial charge in [-0.1, -0.05) is 35.9 Å². The second kappa shape index (κ2) is 8.10. The van der Waals surface area contributed by atoms with Gasteiger partial charge in [-0.2, -0.15) is 0 Å². The smallest absolute Gasteiger partial charge is 0.410 e. The SMILES string of the molecule is CC(NC(=O)Nc1cccc(CN2CCOC2=O)c1)c1cccc(Cl)c1. The summed E-state index contributed by atoms with van der Waals surface area (Å²) < 4.78 is 4.92. The summed E-state index contributed by atoms with van der Waals surface area (Å²) in [7, 11) is 0. The highest BCUT2D eigenvalue weighted by molar-refractivity contribution is 6.30. The van der Waals surface area contributed by atoms with E-state index in [1.54, 1.807) is 17.0 Å². The van der Waals surface area contributed by atoms with Gasteiger partial charge in [0, 0.05) is 17.3 Å². The number of benzene rings is 2. The minimum Gasteiger partial charge on any atom is -0.448 e. The number of hydrogen-bond acceptors (Lipinski definition) is 3. The van der Waals surface area contributed by atoms with E-state index >= 15 is 0 Å². The molecule has 0 spiro atoms. The van der Waals surface area contributed by atoms with Gasteiger partial charge >= 0.3 is 12.1 Å². The minimum absolute atomic E-state index is 0.184. The summed E-state index contributed by atoms with van der Waals surface area (Å²) in [6, 6.07) is 14.3. The molecule has 3 rings (SSSR count). The van der Waals surface area contributed by atoms with Crippen molar-refractivity contribution >= 4 is 29.4 Å². The van der Waals surface area contributed by atoms with Crippen LogP contribution < -0.4 is 10.6 Å². The third-order valence-corrected chi connectivity index (χ3v) is 4.33. The van der Waals surface area contributed by atoms with Crippen LogP contribution in [0.4, 0.5) is 15.3 Å². The van der Waals surface area contributed by atoms with Crippen molar-refractivity contribution < 1.29 is 14.3 Å². The topological polar surface area (TPSA) is 70.7 Å². The van der Waals surface area contributed by atoms with Crippen LogP contribution in [-0.4, -0.2) is 30.2 Å². The lowest BCUT2D eigenvalue weighted by atomic mass is 10.1. The van der Waals surface area contributed by atoms with Crippen LogP contribution in [0, 0.1) is 0 Å². The third kappa shape index (κ3) is 4.67. The lowest BCUT2D eigenvalue weighted by molar-refractivity contribution is 0.157. The molecule has 1 heterocycles. The van der Waals surface area contributed by atoms with Crippen molar-refractivity contribution in [3.05, 3.63) is 64.7 Å². The largest absolute Gasteiger partial charge is 0.448 e. The Hall–Kier alpha value is -2.73. The maximum Gasteiger partial charge on any atom is 0.410 e. The molecule has 1 unspecified atom stereocenters. The number of ether oxygens (including phenoxy) is 1. The van der Waals surface area contributed by atoms with E-state index in [1.165, 1.54) is 0 Å². The second-order valence-corrected chi connectivity index (χ2v) is 6.55. The van der Waals surface area contributed by atoms with Crippen LogP contribution in [0.5, 0.6) is 0 Å². The number of anilines is 1. The van der Waals surface area contributed by atoms with E-state index in [9.17, 15) is 9.59 Å². The van der Waals surface area contributed by atoms with Crippen molar-refractivity contribution in [2.45, 2.75) is 19.5 Å². The van der Waals surface area contributed by atoms with E-state index in [0.29, 0.717) is 30.4 Å². The summed E-state index contributed by atoms with van der Waals surface area (Å²) in [6.45, 7) is 3.34. The van der Waals surface area contributed by atoms with Crippen LogP contribution in [0.3, 0.4) is 0 Å². The first-order valence-corrected chi connectivity index (χ1v) is 8.73. The van der Waals surface area contributed by atoms with Gasteiger partial charge in [0.25, 0.3) is 0 Å². The molecule has 1 saturated heterocycles. The number of rotatable bonds is 5. The molecular formula is C19H20ClN3O3. The number of cyclic esters (lactones) is 1. The highest BCUT2D eigenvalue weighted by Crippen LogP contribution is 2.18. The number of nitrogens with one attached hydrogen (secondary N) is 2. The van der Waals surface area contributed by atoms with E-state index in [1.807, 2.05) is 43.3 Å². The molecular weight excluding hydrogens is 354 g/mol. The van der Waals surface area contributed by atoms with Crippen molar-refractivity contribution in [2.75, 3.05) is 18.5 Å². The predicted molar refractivity (Wildman–Crippen MR) is 100 cm³/mol. The zero-order valence-corrected chi connectivity index (χ0v) is 15.1. The fourth-order valence-electron chi connectivity index (χ4n) is 2.76. The van der Waals surface area contributed by atoms with Gasteiger partial charge in [-0.3, -0.25) is 0 Å². The molecule has 1 aliphatic heterocycles. The maximum atomic E-state index is 12.2. The van der Waals surface area contributed by atoms with Gasteiger partial charge in [-0.25, -0.2) is 9.59 Å². The van der Waals surface area contributed by atoms with Crippen molar-refractivity contribution in [1.82, 2.24) is 10.2 Å². The Morgan fingerprint density at radius 3 is 2.81 bits per heavy atom. The van der Waals surface area contributed by atoms with Crippen LogP contribution >= 0.6 is 11.6 Å². The number of halogens is 1. The fraction of sp³-hybridized carbons (Fsp3) is 0.263.